The predicted molar refractivity (Wildman–Crippen MR) is 93.5 cm³/mol. The van der Waals surface area contributed by atoms with Crippen LogP contribution in [0.4, 0.5) is 5.69 Å². The number of methoxy groups -OCH3 is 1. The monoisotopic (exact) mass is 326 g/mol. The van der Waals surface area contributed by atoms with Crippen molar-refractivity contribution in [1.82, 2.24) is 5.32 Å². The van der Waals surface area contributed by atoms with Crippen LogP contribution in [0.1, 0.15) is 23.6 Å². The molecule has 0 bridgehead atoms. The van der Waals surface area contributed by atoms with Crippen LogP contribution in [0.15, 0.2) is 48.5 Å². The van der Waals surface area contributed by atoms with E-state index in [1.807, 2.05) is 36.4 Å². The molecule has 0 unspecified atom stereocenters. The van der Waals surface area contributed by atoms with Crippen LogP contribution < -0.4 is 10.6 Å². The molecule has 0 aliphatic carbocycles. The van der Waals surface area contributed by atoms with Crippen molar-refractivity contribution in [2.45, 2.75) is 26.5 Å². The molecule has 0 aliphatic rings. The summed E-state index contributed by atoms with van der Waals surface area (Å²) in [4.78, 5) is 23.8. The van der Waals surface area contributed by atoms with Crippen molar-refractivity contribution in [3.8, 4) is 0 Å². The van der Waals surface area contributed by atoms with E-state index >= 15 is 0 Å². The number of ether oxygens (including phenoxy) is 1. The molecule has 2 rings (SSSR count). The van der Waals surface area contributed by atoms with Gasteiger partial charge in [-0.2, -0.15) is 0 Å². The van der Waals surface area contributed by atoms with Crippen molar-refractivity contribution in [3.05, 3.63) is 65.2 Å². The topological polar surface area (TPSA) is 67.4 Å². The second kappa shape index (κ2) is 8.84. The fourth-order valence-corrected chi connectivity index (χ4v) is 2.19. The van der Waals surface area contributed by atoms with Crippen LogP contribution in [0.2, 0.25) is 0 Å². The maximum atomic E-state index is 11.9. The summed E-state index contributed by atoms with van der Waals surface area (Å²) in [6, 6.07) is 15.1. The fourth-order valence-electron chi connectivity index (χ4n) is 2.19. The van der Waals surface area contributed by atoms with Crippen LogP contribution in [0.3, 0.4) is 0 Å². The molecule has 0 spiro atoms. The molecular weight excluding hydrogens is 304 g/mol. The minimum Gasteiger partial charge on any atom is -0.380 e. The molecule has 126 valence electrons. The van der Waals surface area contributed by atoms with Gasteiger partial charge in [-0.15, -0.1) is 0 Å². The second-order valence-corrected chi connectivity index (χ2v) is 5.44. The number of aryl methyl sites for hydroxylation is 1. The minimum atomic E-state index is -0.671. The number of rotatable bonds is 6. The quantitative estimate of drug-likeness (QED) is 0.802. The Morgan fingerprint density at radius 1 is 0.875 bits per heavy atom. The summed E-state index contributed by atoms with van der Waals surface area (Å²) < 4.78 is 5.05. The third-order valence-electron chi connectivity index (χ3n) is 3.61. The largest absolute Gasteiger partial charge is 0.380 e. The van der Waals surface area contributed by atoms with Gasteiger partial charge in [0.2, 0.25) is 0 Å². The Bertz CT molecular complexity index is 679. The number of nitrogens with one attached hydrogen (secondary N) is 2. The Balaban J connectivity index is 1.83. The molecule has 0 aliphatic heterocycles. The summed E-state index contributed by atoms with van der Waals surface area (Å²) in [7, 11) is 1.64. The highest BCUT2D eigenvalue weighted by Gasteiger charge is 2.13. The number of carbonyl (C=O) groups is 2. The van der Waals surface area contributed by atoms with E-state index in [-0.39, 0.29) is 0 Å². The number of hydrogen-bond donors (Lipinski definition) is 2. The maximum absolute atomic E-state index is 11.9. The molecular formula is C19H22N2O3. The van der Waals surface area contributed by atoms with Crippen molar-refractivity contribution in [2.24, 2.45) is 0 Å². The van der Waals surface area contributed by atoms with Crippen molar-refractivity contribution in [3.63, 3.8) is 0 Å². The number of benzene rings is 2. The van der Waals surface area contributed by atoms with Gasteiger partial charge in [0.15, 0.2) is 0 Å². The summed E-state index contributed by atoms with van der Waals surface area (Å²) in [6.07, 6.45) is 0.928. The Kier molecular flexibility index (Phi) is 6.51. The SMILES string of the molecule is CCc1ccc(NC(=O)C(=O)NCc2ccc(COC)cc2)cc1. The van der Waals surface area contributed by atoms with Gasteiger partial charge in [0, 0.05) is 19.3 Å². The first-order chi connectivity index (χ1) is 11.6. The van der Waals surface area contributed by atoms with Crippen molar-refractivity contribution in [2.75, 3.05) is 12.4 Å². The number of amides is 2. The van der Waals surface area contributed by atoms with Gasteiger partial charge in [0.25, 0.3) is 0 Å². The lowest BCUT2D eigenvalue weighted by atomic mass is 10.1. The minimum absolute atomic E-state index is 0.300. The zero-order valence-corrected chi connectivity index (χ0v) is 14.0. The Morgan fingerprint density at radius 3 is 2.04 bits per heavy atom. The van der Waals surface area contributed by atoms with Gasteiger partial charge in [-0.3, -0.25) is 9.59 Å². The first-order valence-corrected chi connectivity index (χ1v) is 7.87. The predicted octanol–water partition coefficient (Wildman–Crippen LogP) is 2.65. The Morgan fingerprint density at radius 2 is 1.46 bits per heavy atom. The molecule has 0 aromatic heterocycles. The molecule has 0 saturated carbocycles. The van der Waals surface area contributed by atoms with Gasteiger partial charge in [-0.25, -0.2) is 0 Å². The third kappa shape index (κ3) is 5.21. The van der Waals surface area contributed by atoms with Crippen LogP contribution >= 0.6 is 0 Å². The van der Waals surface area contributed by atoms with E-state index in [2.05, 4.69) is 17.6 Å². The van der Waals surface area contributed by atoms with Crippen LogP contribution in [0, 0.1) is 0 Å². The average Bonchev–Trinajstić information content (AvgIpc) is 2.61. The number of anilines is 1. The summed E-state index contributed by atoms with van der Waals surface area (Å²) in [5.74, 6) is -1.33. The highest BCUT2D eigenvalue weighted by Crippen LogP contribution is 2.10. The highest BCUT2D eigenvalue weighted by molar-refractivity contribution is 6.39. The first kappa shape index (κ1) is 17.7. The van der Waals surface area contributed by atoms with Gasteiger partial charge < -0.3 is 15.4 Å². The van der Waals surface area contributed by atoms with Crippen molar-refractivity contribution >= 4 is 17.5 Å². The first-order valence-electron chi connectivity index (χ1n) is 7.87. The smallest absolute Gasteiger partial charge is 0.313 e. The van der Waals surface area contributed by atoms with E-state index in [1.165, 1.54) is 5.56 Å². The van der Waals surface area contributed by atoms with Crippen LogP contribution in [-0.4, -0.2) is 18.9 Å². The molecule has 0 heterocycles. The highest BCUT2D eigenvalue weighted by atomic mass is 16.5. The van der Waals surface area contributed by atoms with E-state index in [0.29, 0.717) is 18.8 Å². The standard InChI is InChI=1S/C19H22N2O3/c1-3-14-8-10-17(11-9-14)21-19(23)18(22)20-12-15-4-6-16(7-5-15)13-24-2/h4-11H,3,12-13H2,1-2H3,(H,20,22)(H,21,23). The molecule has 2 amide bonds. The zero-order valence-electron chi connectivity index (χ0n) is 14.0. The fraction of sp³-hybridized carbons (Fsp3) is 0.263. The molecule has 24 heavy (non-hydrogen) atoms. The normalized spacial score (nSPS) is 10.2. The van der Waals surface area contributed by atoms with Gasteiger partial charge in [0.05, 0.1) is 6.61 Å². The summed E-state index contributed by atoms with van der Waals surface area (Å²) in [6.45, 7) is 2.91. The Hall–Kier alpha value is -2.66. The molecule has 0 saturated heterocycles. The summed E-state index contributed by atoms with van der Waals surface area (Å²) >= 11 is 0. The lowest BCUT2D eigenvalue weighted by Crippen LogP contribution is -2.34. The number of hydrogen-bond acceptors (Lipinski definition) is 3. The molecule has 2 aromatic carbocycles. The van der Waals surface area contributed by atoms with E-state index in [1.54, 1.807) is 19.2 Å². The molecule has 2 N–H and O–H groups in total. The molecule has 0 atom stereocenters. The lowest BCUT2D eigenvalue weighted by Gasteiger charge is -2.08. The van der Waals surface area contributed by atoms with E-state index < -0.39 is 11.8 Å². The molecule has 0 fully saturated rings. The van der Waals surface area contributed by atoms with Crippen molar-refractivity contribution < 1.29 is 14.3 Å². The van der Waals surface area contributed by atoms with Crippen LogP contribution in [-0.2, 0) is 33.9 Å². The molecule has 2 aromatic rings. The van der Waals surface area contributed by atoms with E-state index in [4.69, 9.17) is 4.74 Å². The van der Waals surface area contributed by atoms with Gasteiger partial charge in [-0.1, -0.05) is 43.3 Å². The van der Waals surface area contributed by atoms with E-state index in [0.717, 1.165) is 17.5 Å². The third-order valence-corrected chi connectivity index (χ3v) is 3.61. The van der Waals surface area contributed by atoms with Gasteiger partial charge >= 0.3 is 11.8 Å². The van der Waals surface area contributed by atoms with Gasteiger partial charge in [0.1, 0.15) is 0 Å². The van der Waals surface area contributed by atoms with Crippen LogP contribution in [0.25, 0.3) is 0 Å². The molecule has 0 radical (unpaired) electrons. The summed E-state index contributed by atoms with van der Waals surface area (Å²) in [5.41, 5.74) is 3.76. The Labute approximate surface area is 142 Å². The maximum Gasteiger partial charge on any atom is 0.313 e. The molecule has 5 heteroatoms. The van der Waals surface area contributed by atoms with Crippen LogP contribution in [0.5, 0.6) is 0 Å². The number of carbonyl (C=O) groups excluding carboxylic acids is 2. The average molecular weight is 326 g/mol. The van der Waals surface area contributed by atoms with E-state index in [9.17, 15) is 9.59 Å². The zero-order chi connectivity index (χ0) is 17.4. The molecule has 5 nitrogen and oxygen atoms in total. The second-order valence-electron chi connectivity index (χ2n) is 5.44. The summed E-state index contributed by atoms with van der Waals surface area (Å²) in [5, 5.41) is 5.20. The lowest BCUT2D eigenvalue weighted by molar-refractivity contribution is -0.136. The van der Waals surface area contributed by atoms with Crippen molar-refractivity contribution in [1.29, 1.82) is 0 Å². The van der Waals surface area contributed by atoms with Gasteiger partial charge in [-0.05, 0) is 35.2 Å².